The summed E-state index contributed by atoms with van der Waals surface area (Å²) in [5.41, 5.74) is 10.9. The third-order valence-corrected chi connectivity index (χ3v) is 4.12. The van der Waals surface area contributed by atoms with E-state index in [4.69, 9.17) is 11.5 Å². The Morgan fingerprint density at radius 2 is 1.71 bits per heavy atom. The van der Waals surface area contributed by atoms with Crippen LogP contribution >= 0.6 is 0 Å². The first-order chi connectivity index (χ1) is 11.4. The average molecular weight is 325 g/mol. The fraction of sp³-hybridized carbons (Fsp3) is 0.176. The number of carbonyl (C=O) groups excluding carboxylic acids is 4. The summed E-state index contributed by atoms with van der Waals surface area (Å²) >= 11 is 0. The Morgan fingerprint density at radius 3 is 2.38 bits per heavy atom. The number of hydrogen-bond acceptors (Lipinski definition) is 4. The maximum absolute atomic E-state index is 12.8. The van der Waals surface area contributed by atoms with Crippen molar-refractivity contribution < 1.29 is 19.2 Å². The van der Waals surface area contributed by atoms with Gasteiger partial charge in [-0.1, -0.05) is 30.3 Å². The summed E-state index contributed by atoms with van der Waals surface area (Å²) in [7, 11) is 0. The first kappa shape index (κ1) is 15.7. The van der Waals surface area contributed by atoms with Crippen LogP contribution in [0.2, 0.25) is 0 Å². The largest absolute Gasteiger partial charge is 0.370 e. The quantitative estimate of drug-likeness (QED) is 0.779. The van der Waals surface area contributed by atoms with Crippen molar-refractivity contribution in [2.24, 2.45) is 11.5 Å². The van der Waals surface area contributed by atoms with Crippen molar-refractivity contribution in [2.75, 3.05) is 0 Å². The summed E-state index contributed by atoms with van der Waals surface area (Å²) in [6.45, 7) is 0. The molecule has 1 aliphatic heterocycles. The lowest BCUT2D eigenvalue weighted by Crippen LogP contribution is -2.48. The van der Waals surface area contributed by atoms with Crippen LogP contribution in [0.25, 0.3) is 10.8 Å². The van der Waals surface area contributed by atoms with Crippen LogP contribution in [0.1, 0.15) is 33.6 Å². The highest BCUT2D eigenvalue weighted by molar-refractivity contribution is 6.27. The fourth-order valence-corrected chi connectivity index (χ4v) is 2.98. The normalized spacial score (nSPS) is 14.8. The molecule has 7 nitrogen and oxygen atoms in total. The van der Waals surface area contributed by atoms with Gasteiger partial charge in [-0.2, -0.15) is 0 Å². The molecule has 4 N–H and O–H groups in total. The maximum atomic E-state index is 12.8. The molecule has 0 bridgehead atoms. The topological polar surface area (TPSA) is 124 Å². The molecule has 122 valence electrons. The van der Waals surface area contributed by atoms with Gasteiger partial charge in [0.2, 0.25) is 11.8 Å². The minimum atomic E-state index is -1.20. The number of benzene rings is 2. The number of hydrogen-bond donors (Lipinski definition) is 2. The fourth-order valence-electron chi connectivity index (χ4n) is 2.98. The number of fused-ring (bicyclic) bond motifs is 3. The van der Waals surface area contributed by atoms with Gasteiger partial charge in [0.05, 0.1) is 11.1 Å². The Labute approximate surface area is 137 Å². The first-order valence-electron chi connectivity index (χ1n) is 7.39. The lowest BCUT2D eigenvalue weighted by Gasteiger charge is -2.22. The Bertz CT molecular complexity index is 891. The highest BCUT2D eigenvalue weighted by Crippen LogP contribution is 2.32. The lowest BCUT2D eigenvalue weighted by molar-refractivity contribution is -0.122. The molecule has 0 fully saturated rings. The summed E-state index contributed by atoms with van der Waals surface area (Å²) < 4.78 is 0. The molecule has 0 saturated carbocycles. The van der Waals surface area contributed by atoms with E-state index in [9.17, 15) is 19.2 Å². The van der Waals surface area contributed by atoms with Gasteiger partial charge in [-0.05, 0) is 23.3 Å². The Hall–Kier alpha value is -3.22. The molecule has 0 saturated heterocycles. The van der Waals surface area contributed by atoms with Crippen LogP contribution in [0, 0.1) is 0 Å². The highest BCUT2D eigenvalue weighted by Gasteiger charge is 2.42. The van der Waals surface area contributed by atoms with Gasteiger partial charge in [-0.25, -0.2) is 0 Å². The molecule has 0 aromatic heterocycles. The minimum Gasteiger partial charge on any atom is -0.370 e. The number of primary amides is 2. The zero-order valence-corrected chi connectivity index (χ0v) is 12.7. The van der Waals surface area contributed by atoms with Gasteiger partial charge < -0.3 is 11.5 Å². The third kappa shape index (κ3) is 2.40. The van der Waals surface area contributed by atoms with Crippen LogP contribution in [0.4, 0.5) is 0 Å². The monoisotopic (exact) mass is 325 g/mol. The van der Waals surface area contributed by atoms with E-state index in [1.54, 1.807) is 24.3 Å². The molecule has 0 radical (unpaired) electrons. The minimum absolute atomic E-state index is 0.0892. The van der Waals surface area contributed by atoms with Crippen LogP contribution in [-0.4, -0.2) is 34.6 Å². The van der Waals surface area contributed by atoms with Crippen molar-refractivity contribution in [3.05, 3.63) is 47.5 Å². The third-order valence-electron chi connectivity index (χ3n) is 4.12. The molecule has 0 spiro atoms. The molecular weight excluding hydrogens is 310 g/mol. The summed E-state index contributed by atoms with van der Waals surface area (Å²) in [5.74, 6) is -2.66. The average Bonchev–Trinajstić information content (AvgIpc) is 2.80. The van der Waals surface area contributed by atoms with Crippen LogP contribution in [-0.2, 0) is 9.59 Å². The molecule has 7 heteroatoms. The van der Waals surface area contributed by atoms with E-state index in [0.717, 1.165) is 10.3 Å². The van der Waals surface area contributed by atoms with Crippen LogP contribution in [0.5, 0.6) is 0 Å². The molecule has 1 unspecified atom stereocenters. The van der Waals surface area contributed by atoms with E-state index in [1.165, 1.54) is 0 Å². The standard InChI is InChI=1S/C17H15N3O4/c18-13(21)8-7-12(15(19)22)20-16(23)11-6-5-9-3-1-2-4-10(9)14(11)17(20)24/h1-6,12H,7-8H2,(H2,18,21)(H2,19,22). The summed E-state index contributed by atoms with van der Waals surface area (Å²) in [6.07, 6.45) is -0.240. The van der Waals surface area contributed by atoms with Crippen molar-refractivity contribution >= 4 is 34.4 Å². The molecule has 1 aliphatic rings. The predicted octanol–water partition coefficient (Wildman–Crippen LogP) is 0.555. The molecule has 24 heavy (non-hydrogen) atoms. The number of nitrogens with zero attached hydrogens (tertiary/aromatic N) is 1. The van der Waals surface area contributed by atoms with Gasteiger partial charge >= 0.3 is 0 Å². The van der Waals surface area contributed by atoms with Crippen molar-refractivity contribution in [1.29, 1.82) is 0 Å². The van der Waals surface area contributed by atoms with Gasteiger partial charge in [0.15, 0.2) is 0 Å². The summed E-state index contributed by atoms with van der Waals surface area (Å²) in [4.78, 5) is 49.0. The maximum Gasteiger partial charge on any atom is 0.262 e. The first-order valence-corrected chi connectivity index (χ1v) is 7.39. The van der Waals surface area contributed by atoms with Gasteiger partial charge in [-0.3, -0.25) is 24.1 Å². The number of carbonyl (C=O) groups is 4. The number of amides is 4. The van der Waals surface area contributed by atoms with Gasteiger partial charge in [0.1, 0.15) is 6.04 Å². The molecule has 1 heterocycles. The van der Waals surface area contributed by atoms with Crippen LogP contribution in [0.15, 0.2) is 36.4 Å². The SMILES string of the molecule is NC(=O)CCC(C(N)=O)N1C(=O)c2ccc3ccccc3c2C1=O. The van der Waals surface area contributed by atoms with E-state index in [2.05, 4.69) is 0 Å². The van der Waals surface area contributed by atoms with Crippen LogP contribution < -0.4 is 11.5 Å². The van der Waals surface area contributed by atoms with Crippen molar-refractivity contribution in [3.63, 3.8) is 0 Å². The number of nitrogens with two attached hydrogens (primary N) is 2. The second kappa shape index (κ2) is 5.77. The lowest BCUT2D eigenvalue weighted by atomic mass is 10.0. The Morgan fingerprint density at radius 1 is 1.00 bits per heavy atom. The molecule has 2 aromatic rings. The molecular formula is C17H15N3O4. The molecule has 2 aromatic carbocycles. The Balaban J connectivity index is 2.07. The number of rotatable bonds is 5. The molecule has 3 rings (SSSR count). The zero-order chi connectivity index (χ0) is 17.4. The van der Waals surface area contributed by atoms with Gasteiger partial charge in [0, 0.05) is 6.42 Å². The van der Waals surface area contributed by atoms with Gasteiger partial charge in [-0.15, -0.1) is 0 Å². The molecule has 1 atom stereocenters. The van der Waals surface area contributed by atoms with E-state index in [0.29, 0.717) is 5.39 Å². The summed E-state index contributed by atoms with van der Waals surface area (Å²) in [6, 6.07) is 9.26. The van der Waals surface area contributed by atoms with Crippen molar-refractivity contribution in [3.8, 4) is 0 Å². The highest BCUT2D eigenvalue weighted by atomic mass is 16.2. The van der Waals surface area contributed by atoms with Gasteiger partial charge in [0.25, 0.3) is 11.8 Å². The second-order valence-corrected chi connectivity index (χ2v) is 5.61. The van der Waals surface area contributed by atoms with E-state index >= 15 is 0 Å². The molecule has 4 amide bonds. The van der Waals surface area contributed by atoms with Crippen molar-refractivity contribution in [2.45, 2.75) is 18.9 Å². The van der Waals surface area contributed by atoms with E-state index < -0.39 is 29.7 Å². The Kier molecular flexibility index (Phi) is 3.76. The summed E-state index contributed by atoms with van der Waals surface area (Å²) in [5, 5.41) is 1.45. The van der Waals surface area contributed by atoms with E-state index in [1.807, 2.05) is 12.1 Å². The van der Waals surface area contributed by atoms with E-state index in [-0.39, 0.29) is 24.0 Å². The molecule has 0 aliphatic carbocycles. The predicted molar refractivity (Wildman–Crippen MR) is 85.9 cm³/mol. The second-order valence-electron chi connectivity index (χ2n) is 5.61. The number of imide groups is 1. The van der Waals surface area contributed by atoms with Crippen molar-refractivity contribution in [1.82, 2.24) is 4.90 Å². The van der Waals surface area contributed by atoms with Crippen LogP contribution in [0.3, 0.4) is 0 Å². The zero-order valence-electron chi connectivity index (χ0n) is 12.7. The smallest absolute Gasteiger partial charge is 0.262 e.